The van der Waals surface area contributed by atoms with E-state index in [1.165, 1.54) is 0 Å². The van der Waals surface area contributed by atoms with Crippen molar-refractivity contribution in [1.29, 1.82) is 0 Å². The Morgan fingerprint density at radius 2 is 1.92 bits per heavy atom. The highest BCUT2D eigenvalue weighted by Gasteiger charge is 2.25. The molecule has 1 saturated heterocycles. The van der Waals surface area contributed by atoms with E-state index in [4.69, 9.17) is 0 Å². The van der Waals surface area contributed by atoms with Gasteiger partial charge in [0, 0.05) is 12.6 Å². The maximum Gasteiger partial charge on any atom is 0.299 e. The van der Waals surface area contributed by atoms with Crippen molar-refractivity contribution >= 4 is 17.5 Å². The minimum absolute atomic E-state index is 0.191. The number of hydrogen-bond donors (Lipinski definition) is 0. The van der Waals surface area contributed by atoms with E-state index in [1.807, 2.05) is 36.4 Å². The van der Waals surface area contributed by atoms with Gasteiger partial charge in [0.2, 0.25) is 5.82 Å². The molecule has 25 heavy (non-hydrogen) atoms. The Morgan fingerprint density at radius 3 is 2.72 bits per heavy atom. The molecule has 0 radical (unpaired) electrons. The molecule has 4 rings (SSSR count). The summed E-state index contributed by atoms with van der Waals surface area (Å²) in [6.45, 7) is 0.842. The molecule has 0 N–H and O–H groups in total. The van der Waals surface area contributed by atoms with Gasteiger partial charge in [0.1, 0.15) is 5.82 Å². The first-order valence-electron chi connectivity index (χ1n) is 8.23. The summed E-state index contributed by atoms with van der Waals surface area (Å²) in [6.07, 6.45) is 3.57. The Kier molecular flexibility index (Phi) is 4.13. The fraction of sp³-hybridized carbons (Fsp3) is 0.278. The molecule has 1 aromatic carbocycles. The highest BCUT2D eigenvalue weighted by atomic mass is 19.3. The maximum absolute atomic E-state index is 13.0. The van der Waals surface area contributed by atoms with Crippen molar-refractivity contribution in [2.45, 2.75) is 25.3 Å². The van der Waals surface area contributed by atoms with Gasteiger partial charge in [0.05, 0.1) is 0 Å². The van der Waals surface area contributed by atoms with Crippen LogP contribution in [-0.4, -0.2) is 32.4 Å². The molecule has 5 nitrogen and oxygen atoms in total. The Labute approximate surface area is 143 Å². The molecule has 7 heteroatoms. The van der Waals surface area contributed by atoms with Gasteiger partial charge in [-0.2, -0.15) is 4.52 Å². The van der Waals surface area contributed by atoms with Crippen molar-refractivity contribution in [2.75, 3.05) is 11.4 Å². The molecule has 0 bridgehead atoms. The number of aromatic nitrogens is 4. The zero-order valence-electron chi connectivity index (χ0n) is 13.5. The zero-order valence-corrected chi connectivity index (χ0v) is 13.5. The van der Waals surface area contributed by atoms with Crippen molar-refractivity contribution in [3.63, 3.8) is 0 Å². The van der Waals surface area contributed by atoms with E-state index in [0.717, 1.165) is 29.5 Å². The third kappa shape index (κ3) is 3.09. The molecule has 0 unspecified atom stereocenters. The fourth-order valence-corrected chi connectivity index (χ4v) is 3.15. The predicted octanol–water partition coefficient (Wildman–Crippen LogP) is 3.74. The van der Waals surface area contributed by atoms with Crippen LogP contribution in [0.25, 0.3) is 11.7 Å². The second-order valence-electron chi connectivity index (χ2n) is 5.99. The van der Waals surface area contributed by atoms with Crippen LogP contribution in [0.3, 0.4) is 0 Å². The minimum Gasteiger partial charge on any atom is -0.349 e. The largest absolute Gasteiger partial charge is 0.349 e. The van der Waals surface area contributed by atoms with E-state index in [9.17, 15) is 8.78 Å². The van der Waals surface area contributed by atoms with Gasteiger partial charge in [-0.05, 0) is 30.5 Å². The molecular formula is C18H17F2N5. The number of rotatable bonds is 4. The van der Waals surface area contributed by atoms with Crippen LogP contribution < -0.4 is 4.90 Å². The van der Waals surface area contributed by atoms with Crippen molar-refractivity contribution < 1.29 is 8.78 Å². The van der Waals surface area contributed by atoms with E-state index in [0.29, 0.717) is 11.5 Å². The number of alkyl halides is 2. The van der Waals surface area contributed by atoms with Gasteiger partial charge in [0.15, 0.2) is 5.65 Å². The van der Waals surface area contributed by atoms with Gasteiger partial charge in [-0.1, -0.05) is 42.5 Å². The summed E-state index contributed by atoms with van der Waals surface area (Å²) < 4.78 is 27.2. The van der Waals surface area contributed by atoms with Crippen LogP contribution in [0.4, 0.5) is 14.6 Å². The maximum atomic E-state index is 13.0. The van der Waals surface area contributed by atoms with Gasteiger partial charge < -0.3 is 4.90 Å². The van der Waals surface area contributed by atoms with Gasteiger partial charge in [0.25, 0.3) is 6.43 Å². The van der Waals surface area contributed by atoms with Crippen LogP contribution in [0.15, 0.2) is 48.5 Å². The summed E-state index contributed by atoms with van der Waals surface area (Å²) in [5, 5.41) is 11.6. The zero-order chi connectivity index (χ0) is 17.2. The lowest BCUT2D eigenvalue weighted by atomic mass is 10.1. The molecule has 1 fully saturated rings. The second-order valence-corrected chi connectivity index (χ2v) is 5.99. The monoisotopic (exact) mass is 341 g/mol. The van der Waals surface area contributed by atoms with E-state index < -0.39 is 12.2 Å². The van der Waals surface area contributed by atoms with Crippen LogP contribution in [0, 0.1) is 0 Å². The molecule has 2 aromatic heterocycles. The summed E-state index contributed by atoms with van der Waals surface area (Å²) in [6, 6.07) is 13.8. The van der Waals surface area contributed by atoms with Crippen molar-refractivity contribution in [3.05, 3.63) is 59.9 Å². The molecule has 0 saturated carbocycles. The van der Waals surface area contributed by atoms with Crippen LogP contribution in [-0.2, 0) is 0 Å². The SMILES string of the molecule is FC(F)c1nnc2ccc(N3CCC[C@H]3/C=C/c3ccccc3)nn12. The van der Waals surface area contributed by atoms with Gasteiger partial charge in [-0.15, -0.1) is 15.3 Å². The molecule has 3 heterocycles. The number of benzene rings is 1. The van der Waals surface area contributed by atoms with Crippen molar-refractivity contribution in [2.24, 2.45) is 0 Å². The summed E-state index contributed by atoms with van der Waals surface area (Å²) in [5.74, 6) is 0.238. The molecular weight excluding hydrogens is 324 g/mol. The fourth-order valence-electron chi connectivity index (χ4n) is 3.15. The summed E-state index contributed by atoms with van der Waals surface area (Å²) in [5.41, 5.74) is 1.46. The smallest absolute Gasteiger partial charge is 0.299 e. The second kappa shape index (κ2) is 6.58. The first-order chi connectivity index (χ1) is 12.2. The first kappa shape index (κ1) is 15.7. The summed E-state index contributed by atoms with van der Waals surface area (Å²) in [4.78, 5) is 2.13. The average molecular weight is 341 g/mol. The lowest BCUT2D eigenvalue weighted by Crippen LogP contribution is -2.28. The van der Waals surface area contributed by atoms with Gasteiger partial charge >= 0.3 is 0 Å². The number of halogens is 2. The molecule has 1 atom stereocenters. The summed E-state index contributed by atoms with van der Waals surface area (Å²) in [7, 11) is 0. The Hall–Kier alpha value is -2.83. The lowest BCUT2D eigenvalue weighted by molar-refractivity contribution is 0.137. The number of nitrogens with zero attached hydrogens (tertiary/aromatic N) is 5. The molecule has 0 aliphatic carbocycles. The van der Waals surface area contributed by atoms with E-state index in [2.05, 4.69) is 32.3 Å². The topological polar surface area (TPSA) is 46.3 Å². The standard InChI is InChI=1S/C18H17F2N5/c19-17(20)18-22-21-15-10-11-16(23-25(15)18)24-12-4-7-14(24)9-8-13-5-2-1-3-6-13/h1-3,5-6,8-11,14,17H,4,7,12H2/b9-8+/t14-/m0/s1. The number of hydrogen-bond acceptors (Lipinski definition) is 4. The first-order valence-corrected chi connectivity index (χ1v) is 8.23. The third-order valence-electron chi connectivity index (χ3n) is 4.37. The van der Waals surface area contributed by atoms with E-state index >= 15 is 0 Å². The Morgan fingerprint density at radius 1 is 1.08 bits per heavy atom. The van der Waals surface area contributed by atoms with Crippen LogP contribution >= 0.6 is 0 Å². The molecule has 1 aliphatic rings. The Balaban J connectivity index is 1.62. The number of fused-ring (bicyclic) bond motifs is 1. The minimum atomic E-state index is -2.70. The van der Waals surface area contributed by atoms with Crippen LogP contribution in [0.2, 0.25) is 0 Å². The predicted molar refractivity (Wildman–Crippen MR) is 91.6 cm³/mol. The molecule has 1 aliphatic heterocycles. The highest BCUT2D eigenvalue weighted by molar-refractivity contribution is 5.53. The molecule has 0 spiro atoms. The normalized spacial score (nSPS) is 18.0. The quantitative estimate of drug-likeness (QED) is 0.725. The highest BCUT2D eigenvalue weighted by Crippen LogP contribution is 2.26. The third-order valence-corrected chi connectivity index (χ3v) is 4.37. The molecule has 3 aromatic rings. The van der Waals surface area contributed by atoms with Gasteiger partial charge in [-0.3, -0.25) is 0 Å². The van der Waals surface area contributed by atoms with Crippen molar-refractivity contribution in [1.82, 2.24) is 19.8 Å². The summed E-state index contributed by atoms with van der Waals surface area (Å²) >= 11 is 0. The van der Waals surface area contributed by atoms with E-state index in [1.54, 1.807) is 6.07 Å². The van der Waals surface area contributed by atoms with Crippen molar-refractivity contribution in [3.8, 4) is 0 Å². The lowest BCUT2D eigenvalue weighted by Gasteiger charge is -2.23. The average Bonchev–Trinajstić information content (AvgIpc) is 3.27. The number of anilines is 1. The van der Waals surface area contributed by atoms with Gasteiger partial charge in [-0.25, -0.2) is 8.78 Å². The Bertz CT molecular complexity index is 891. The van der Waals surface area contributed by atoms with Crippen LogP contribution in [0.5, 0.6) is 0 Å². The molecule has 0 amide bonds. The van der Waals surface area contributed by atoms with Crippen LogP contribution in [0.1, 0.15) is 30.7 Å². The molecule has 128 valence electrons. The van der Waals surface area contributed by atoms with E-state index in [-0.39, 0.29) is 6.04 Å².